The van der Waals surface area contributed by atoms with E-state index >= 15 is 0 Å². The number of fused-ring (bicyclic) bond motifs is 1. The Morgan fingerprint density at radius 3 is 2.65 bits per heavy atom. The predicted octanol–water partition coefficient (Wildman–Crippen LogP) is 2.88. The number of nitrogens with zero attached hydrogens (tertiary/aromatic N) is 1. The maximum Gasteiger partial charge on any atom is 0.307 e. The van der Waals surface area contributed by atoms with Gasteiger partial charge in [-0.05, 0) is 18.8 Å². The molecule has 0 aliphatic heterocycles. The zero-order chi connectivity index (χ0) is 16.4. The Labute approximate surface area is 138 Å². The van der Waals surface area contributed by atoms with Crippen LogP contribution in [0.4, 0.5) is 5.13 Å². The van der Waals surface area contributed by atoms with Gasteiger partial charge in [-0.2, -0.15) is 0 Å². The van der Waals surface area contributed by atoms with Crippen LogP contribution in [0, 0.1) is 11.8 Å². The fourth-order valence-corrected chi connectivity index (χ4v) is 4.34. The van der Waals surface area contributed by atoms with Crippen LogP contribution < -0.4 is 5.32 Å². The summed E-state index contributed by atoms with van der Waals surface area (Å²) in [5.74, 6) is -1.49. The molecule has 23 heavy (non-hydrogen) atoms. The molecule has 124 valence electrons. The number of hydrogen-bond acceptors (Lipinski definition) is 5. The molecule has 0 spiro atoms. The van der Waals surface area contributed by atoms with Gasteiger partial charge in [0.2, 0.25) is 5.91 Å². The highest BCUT2D eigenvalue weighted by Gasteiger charge is 2.33. The molecule has 1 aromatic heterocycles. The van der Waals surface area contributed by atoms with E-state index in [2.05, 4.69) is 10.3 Å². The Kier molecular flexibility index (Phi) is 4.75. The number of hydrogen-bond donors (Lipinski definition) is 2. The zero-order valence-electron chi connectivity index (χ0n) is 12.8. The van der Waals surface area contributed by atoms with E-state index in [0.717, 1.165) is 24.2 Å². The number of aliphatic carboxylic acids is 1. The van der Waals surface area contributed by atoms with E-state index < -0.39 is 11.9 Å². The number of amides is 1. The van der Waals surface area contributed by atoms with Gasteiger partial charge in [-0.15, -0.1) is 0 Å². The topological polar surface area (TPSA) is 96.4 Å². The van der Waals surface area contributed by atoms with E-state index in [9.17, 15) is 14.4 Å². The van der Waals surface area contributed by atoms with Gasteiger partial charge in [-0.1, -0.05) is 30.6 Å². The van der Waals surface area contributed by atoms with E-state index in [0.29, 0.717) is 28.0 Å². The molecule has 3 rings (SSSR count). The summed E-state index contributed by atoms with van der Waals surface area (Å²) in [5.41, 5.74) is 0.506. The van der Waals surface area contributed by atoms with Crippen LogP contribution in [0.15, 0.2) is 0 Å². The van der Waals surface area contributed by atoms with Gasteiger partial charge in [0, 0.05) is 19.3 Å². The summed E-state index contributed by atoms with van der Waals surface area (Å²) in [5, 5.41) is 12.3. The molecule has 1 amide bonds. The molecule has 7 heteroatoms. The van der Waals surface area contributed by atoms with Crippen molar-refractivity contribution in [1.29, 1.82) is 0 Å². The van der Waals surface area contributed by atoms with Gasteiger partial charge < -0.3 is 10.4 Å². The molecule has 6 nitrogen and oxygen atoms in total. The van der Waals surface area contributed by atoms with Gasteiger partial charge in [0.1, 0.15) is 0 Å². The third-order valence-electron chi connectivity index (χ3n) is 4.62. The minimum Gasteiger partial charge on any atom is -0.481 e. The second-order valence-electron chi connectivity index (χ2n) is 6.42. The number of aromatic nitrogens is 1. The van der Waals surface area contributed by atoms with E-state index in [1.807, 2.05) is 0 Å². The van der Waals surface area contributed by atoms with E-state index in [4.69, 9.17) is 5.11 Å². The molecule has 0 bridgehead atoms. The number of Topliss-reactive ketones (excluding diaryl/α,β-unsaturated/α-hetero) is 1. The monoisotopic (exact) mass is 336 g/mol. The Morgan fingerprint density at radius 2 is 1.96 bits per heavy atom. The number of anilines is 1. The van der Waals surface area contributed by atoms with Crippen LogP contribution in [0.2, 0.25) is 0 Å². The molecular weight excluding hydrogens is 316 g/mol. The lowest BCUT2D eigenvalue weighted by Crippen LogP contribution is -2.25. The van der Waals surface area contributed by atoms with Gasteiger partial charge in [-0.25, -0.2) is 4.98 Å². The highest BCUT2D eigenvalue weighted by atomic mass is 32.1. The first-order valence-corrected chi connectivity index (χ1v) is 8.90. The van der Waals surface area contributed by atoms with Crippen LogP contribution >= 0.6 is 11.3 Å². The molecular formula is C16H20N2O4S. The molecule has 1 atom stereocenters. The van der Waals surface area contributed by atoms with E-state index in [1.165, 1.54) is 19.3 Å². The highest BCUT2D eigenvalue weighted by molar-refractivity contribution is 7.17. The third-order valence-corrected chi connectivity index (χ3v) is 5.67. The van der Waals surface area contributed by atoms with Crippen LogP contribution in [-0.4, -0.2) is 27.8 Å². The maximum atomic E-state index is 12.1. The lowest BCUT2D eigenvalue weighted by Gasteiger charge is -2.20. The van der Waals surface area contributed by atoms with Gasteiger partial charge in [0.05, 0.1) is 16.5 Å². The summed E-state index contributed by atoms with van der Waals surface area (Å²) < 4.78 is 0. The molecule has 1 fully saturated rings. The second-order valence-corrected chi connectivity index (χ2v) is 7.42. The van der Waals surface area contributed by atoms with Crippen LogP contribution in [0.5, 0.6) is 0 Å². The molecule has 0 unspecified atom stereocenters. The first kappa shape index (κ1) is 16.1. The third kappa shape index (κ3) is 3.77. The lowest BCUT2D eigenvalue weighted by molar-refractivity contribution is -0.141. The highest BCUT2D eigenvalue weighted by Crippen LogP contribution is 2.33. The summed E-state index contributed by atoms with van der Waals surface area (Å²) in [6.07, 6.45) is 6.59. The Morgan fingerprint density at radius 1 is 1.22 bits per heavy atom. The van der Waals surface area contributed by atoms with Crippen molar-refractivity contribution in [3.63, 3.8) is 0 Å². The van der Waals surface area contributed by atoms with Crippen molar-refractivity contribution in [3.05, 3.63) is 10.6 Å². The van der Waals surface area contributed by atoms with Crippen LogP contribution in [-0.2, 0) is 16.0 Å². The first-order chi connectivity index (χ1) is 11.0. The number of ketones is 1. The van der Waals surface area contributed by atoms with Crippen LogP contribution in [0.25, 0.3) is 0 Å². The Bertz CT molecular complexity index is 634. The smallest absolute Gasteiger partial charge is 0.307 e. The molecule has 2 aliphatic rings. The summed E-state index contributed by atoms with van der Waals surface area (Å²) in [6, 6.07) is 0. The maximum absolute atomic E-state index is 12.1. The number of rotatable bonds is 4. The largest absolute Gasteiger partial charge is 0.481 e. The molecule has 2 N–H and O–H groups in total. The van der Waals surface area contributed by atoms with Crippen molar-refractivity contribution >= 4 is 34.1 Å². The fraction of sp³-hybridized carbons (Fsp3) is 0.625. The second kappa shape index (κ2) is 6.78. The number of nitrogens with one attached hydrogen (secondary N) is 1. The van der Waals surface area contributed by atoms with Crippen molar-refractivity contribution < 1.29 is 19.5 Å². The van der Waals surface area contributed by atoms with Gasteiger partial charge in [-0.3, -0.25) is 14.4 Å². The van der Waals surface area contributed by atoms with Crippen molar-refractivity contribution in [2.75, 3.05) is 5.32 Å². The standard InChI is InChI=1S/C16H20N2O4S/c19-12-8-10(15(21)22)7-11-14(12)23-16(17-11)18-13(20)6-9-4-2-1-3-5-9/h9-10H,1-8H2,(H,21,22)(H,17,18,20)/t10-/m1/s1. The zero-order valence-corrected chi connectivity index (χ0v) is 13.7. The first-order valence-electron chi connectivity index (χ1n) is 8.08. The quantitative estimate of drug-likeness (QED) is 0.881. The lowest BCUT2D eigenvalue weighted by atomic mass is 9.87. The normalized spacial score (nSPS) is 21.7. The molecule has 1 saturated carbocycles. The molecule has 1 heterocycles. The summed E-state index contributed by atoms with van der Waals surface area (Å²) >= 11 is 1.16. The van der Waals surface area contributed by atoms with Gasteiger partial charge >= 0.3 is 5.97 Å². The number of carboxylic acid groups (broad SMARTS) is 1. The van der Waals surface area contributed by atoms with Crippen molar-refractivity contribution in [3.8, 4) is 0 Å². The van der Waals surface area contributed by atoms with Crippen LogP contribution in [0.3, 0.4) is 0 Å². The molecule has 0 radical (unpaired) electrons. The SMILES string of the molecule is O=C(CC1CCCCC1)Nc1nc2c(s1)C(=O)C[C@H](C(=O)O)C2. The average molecular weight is 336 g/mol. The molecule has 0 saturated heterocycles. The molecule has 1 aromatic rings. The van der Waals surface area contributed by atoms with Crippen molar-refractivity contribution in [1.82, 2.24) is 4.98 Å². The number of carboxylic acids is 1. The summed E-state index contributed by atoms with van der Waals surface area (Å²) in [6.45, 7) is 0. The minimum absolute atomic E-state index is 0.0139. The number of thiazole rings is 1. The Balaban J connectivity index is 1.63. The van der Waals surface area contributed by atoms with Crippen LogP contribution in [0.1, 0.15) is 60.3 Å². The summed E-state index contributed by atoms with van der Waals surface area (Å²) in [7, 11) is 0. The van der Waals surface area contributed by atoms with E-state index in [1.54, 1.807) is 0 Å². The van der Waals surface area contributed by atoms with Crippen molar-refractivity contribution in [2.24, 2.45) is 11.8 Å². The predicted molar refractivity (Wildman–Crippen MR) is 85.7 cm³/mol. The number of carbonyl (C=O) groups is 3. The number of carbonyl (C=O) groups excluding carboxylic acids is 2. The van der Waals surface area contributed by atoms with Gasteiger partial charge in [0.15, 0.2) is 10.9 Å². The fourth-order valence-electron chi connectivity index (χ4n) is 3.38. The average Bonchev–Trinajstić information content (AvgIpc) is 2.91. The minimum atomic E-state index is -0.972. The molecule has 0 aromatic carbocycles. The Hall–Kier alpha value is -1.76. The van der Waals surface area contributed by atoms with Crippen molar-refractivity contribution in [2.45, 2.75) is 51.4 Å². The summed E-state index contributed by atoms with van der Waals surface area (Å²) in [4.78, 5) is 40.0. The van der Waals surface area contributed by atoms with E-state index in [-0.39, 0.29) is 24.5 Å². The van der Waals surface area contributed by atoms with Gasteiger partial charge in [0.25, 0.3) is 0 Å². The molecule has 2 aliphatic carbocycles.